The minimum atomic E-state index is -0.642. The van der Waals surface area contributed by atoms with Crippen molar-refractivity contribution in [2.24, 2.45) is 0 Å². The van der Waals surface area contributed by atoms with Gasteiger partial charge in [0.25, 0.3) is 11.8 Å². The molecule has 3 rings (SSSR count). The Morgan fingerprint density at radius 2 is 1.55 bits per heavy atom. The standard InChI is InChI=1S/C16H10ClFN2O2/c17-13-14(19-12-9-5-4-8-11(12)18)16(22)20(15(13)21)10-6-2-1-3-7-10/h1-9,19H. The van der Waals surface area contributed by atoms with Crippen molar-refractivity contribution in [3.8, 4) is 0 Å². The van der Waals surface area contributed by atoms with Crippen molar-refractivity contribution in [1.29, 1.82) is 0 Å². The highest BCUT2D eigenvalue weighted by Crippen LogP contribution is 2.30. The minimum absolute atomic E-state index is 0.0757. The molecular weight excluding hydrogens is 307 g/mol. The zero-order chi connectivity index (χ0) is 15.7. The second kappa shape index (κ2) is 5.61. The number of rotatable bonds is 3. The monoisotopic (exact) mass is 316 g/mol. The molecule has 0 atom stereocenters. The molecule has 2 amide bonds. The fraction of sp³-hybridized carbons (Fsp3) is 0. The van der Waals surface area contributed by atoms with Crippen LogP contribution >= 0.6 is 11.6 Å². The number of nitrogens with zero attached hydrogens (tertiary/aromatic N) is 1. The normalized spacial score (nSPS) is 14.7. The summed E-state index contributed by atoms with van der Waals surface area (Å²) >= 11 is 5.95. The lowest BCUT2D eigenvalue weighted by Crippen LogP contribution is -2.32. The Morgan fingerprint density at radius 3 is 2.23 bits per heavy atom. The molecule has 1 aliphatic heterocycles. The maximum absolute atomic E-state index is 13.7. The molecular formula is C16H10ClFN2O2. The van der Waals surface area contributed by atoms with Crippen molar-refractivity contribution < 1.29 is 14.0 Å². The first-order valence-electron chi connectivity index (χ1n) is 6.45. The summed E-state index contributed by atoms with van der Waals surface area (Å²) in [5, 5.41) is 2.33. The maximum atomic E-state index is 13.7. The smallest absolute Gasteiger partial charge is 0.283 e. The van der Waals surface area contributed by atoms with Crippen LogP contribution in [0.4, 0.5) is 15.8 Å². The van der Waals surface area contributed by atoms with Crippen LogP contribution in [0.1, 0.15) is 0 Å². The molecule has 2 aromatic carbocycles. The van der Waals surface area contributed by atoms with Crippen LogP contribution in [0, 0.1) is 5.82 Å². The van der Waals surface area contributed by atoms with E-state index in [0.29, 0.717) is 5.69 Å². The molecule has 4 nitrogen and oxygen atoms in total. The number of hydrogen-bond acceptors (Lipinski definition) is 3. The number of benzene rings is 2. The van der Waals surface area contributed by atoms with Crippen molar-refractivity contribution in [1.82, 2.24) is 0 Å². The van der Waals surface area contributed by atoms with E-state index in [4.69, 9.17) is 11.6 Å². The second-order valence-corrected chi connectivity index (χ2v) is 4.95. The summed E-state index contributed by atoms with van der Waals surface area (Å²) in [4.78, 5) is 25.6. The van der Waals surface area contributed by atoms with Gasteiger partial charge in [-0.15, -0.1) is 0 Å². The zero-order valence-corrected chi connectivity index (χ0v) is 12.0. The molecule has 0 aromatic heterocycles. The van der Waals surface area contributed by atoms with Gasteiger partial charge in [0.1, 0.15) is 16.5 Å². The molecule has 0 unspecified atom stereocenters. The summed E-state index contributed by atoms with van der Waals surface area (Å²) in [6, 6.07) is 14.2. The van der Waals surface area contributed by atoms with Crippen molar-refractivity contribution >= 4 is 34.8 Å². The van der Waals surface area contributed by atoms with Crippen molar-refractivity contribution in [2.75, 3.05) is 10.2 Å². The van der Waals surface area contributed by atoms with E-state index in [1.165, 1.54) is 18.2 Å². The lowest BCUT2D eigenvalue weighted by molar-refractivity contribution is -0.120. The van der Waals surface area contributed by atoms with E-state index >= 15 is 0 Å². The third-order valence-corrected chi connectivity index (χ3v) is 3.53. The first-order chi connectivity index (χ1) is 10.6. The largest absolute Gasteiger partial charge is 0.347 e. The van der Waals surface area contributed by atoms with Crippen LogP contribution in [0.3, 0.4) is 0 Å². The van der Waals surface area contributed by atoms with Gasteiger partial charge in [-0.1, -0.05) is 41.9 Å². The molecule has 0 aliphatic carbocycles. The Kier molecular flexibility index (Phi) is 3.65. The van der Waals surface area contributed by atoms with Crippen LogP contribution in [0.5, 0.6) is 0 Å². The number of nitrogens with one attached hydrogen (secondary N) is 1. The van der Waals surface area contributed by atoms with Gasteiger partial charge in [-0.05, 0) is 24.3 Å². The predicted molar refractivity (Wildman–Crippen MR) is 81.8 cm³/mol. The first-order valence-corrected chi connectivity index (χ1v) is 6.82. The van der Waals surface area contributed by atoms with Crippen LogP contribution in [0.15, 0.2) is 65.3 Å². The van der Waals surface area contributed by atoms with E-state index in [-0.39, 0.29) is 16.4 Å². The van der Waals surface area contributed by atoms with Gasteiger partial charge in [0, 0.05) is 0 Å². The van der Waals surface area contributed by atoms with E-state index in [0.717, 1.165) is 4.90 Å². The van der Waals surface area contributed by atoms with E-state index in [2.05, 4.69) is 5.32 Å². The van der Waals surface area contributed by atoms with E-state index in [1.807, 2.05) is 0 Å². The van der Waals surface area contributed by atoms with Gasteiger partial charge in [0.15, 0.2) is 0 Å². The summed E-state index contributed by atoms with van der Waals surface area (Å²) in [5.41, 5.74) is 0.341. The summed E-state index contributed by atoms with van der Waals surface area (Å²) in [6.45, 7) is 0. The number of halogens is 2. The Morgan fingerprint density at radius 1 is 0.909 bits per heavy atom. The van der Waals surface area contributed by atoms with Crippen molar-refractivity contribution in [2.45, 2.75) is 0 Å². The molecule has 1 N–H and O–H groups in total. The third-order valence-electron chi connectivity index (χ3n) is 3.18. The van der Waals surface area contributed by atoms with Crippen molar-refractivity contribution in [3.63, 3.8) is 0 Å². The van der Waals surface area contributed by atoms with E-state index in [9.17, 15) is 14.0 Å². The Labute approximate surface area is 130 Å². The van der Waals surface area contributed by atoms with Crippen LogP contribution in [-0.2, 0) is 9.59 Å². The molecule has 22 heavy (non-hydrogen) atoms. The van der Waals surface area contributed by atoms with E-state index < -0.39 is 17.6 Å². The number of amides is 2. The molecule has 110 valence electrons. The highest BCUT2D eigenvalue weighted by atomic mass is 35.5. The second-order valence-electron chi connectivity index (χ2n) is 4.58. The molecule has 1 heterocycles. The molecule has 0 fully saturated rings. The average molecular weight is 317 g/mol. The molecule has 0 saturated heterocycles. The molecule has 0 spiro atoms. The Hall–Kier alpha value is -2.66. The highest BCUT2D eigenvalue weighted by molar-refractivity contribution is 6.53. The SMILES string of the molecule is O=C1C(Cl)=C(Nc2ccccc2F)C(=O)N1c1ccccc1. The lowest BCUT2D eigenvalue weighted by atomic mass is 10.3. The number of carbonyl (C=O) groups is 2. The quantitative estimate of drug-likeness (QED) is 0.884. The number of para-hydroxylation sites is 2. The number of carbonyl (C=O) groups excluding carboxylic acids is 2. The van der Waals surface area contributed by atoms with Gasteiger partial charge >= 0.3 is 0 Å². The molecule has 0 saturated carbocycles. The summed E-state index contributed by atoms with van der Waals surface area (Å²) in [7, 11) is 0. The third kappa shape index (κ3) is 2.35. The minimum Gasteiger partial charge on any atom is -0.347 e. The van der Waals surface area contributed by atoms with Crippen molar-refractivity contribution in [3.05, 3.63) is 71.1 Å². The Bertz CT molecular complexity index is 790. The summed E-state index contributed by atoms with van der Waals surface area (Å²) < 4.78 is 13.7. The topological polar surface area (TPSA) is 49.4 Å². The van der Waals surface area contributed by atoms with Gasteiger partial charge < -0.3 is 5.32 Å². The van der Waals surface area contributed by atoms with Gasteiger partial charge in [-0.2, -0.15) is 0 Å². The fourth-order valence-corrected chi connectivity index (χ4v) is 2.33. The van der Waals surface area contributed by atoms with Gasteiger partial charge in [0.05, 0.1) is 11.4 Å². The average Bonchev–Trinajstić information content (AvgIpc) is 2.74. The Balaban J connectivity index is 1.95. The van der Waals surface area contributed by atoms with Crippen LogP contribution in [-0.4, -0.2) is 11.8 Å². The summed E-state index contributed by atoms with van der Waals surface area (Å²) in [5.74, 6) is -1.81. The molecule has 0 bridgehead atoms. The number of imide groups is 1. The van der Waals surface area contributed by atoms with Gasteiger partial charge in [-0.3, -0.25) is 9.59 Å². The maximum Gasteiger partial charge on any atom is 0.283 e. The lowest BCUT2D eigenvalue weighted by Gasteiger charge is -2.14. The molecule has 0 radical (unpaired) electrons. The highest BCUT2D eigenvalue weighted by Gasteiger charge is 2.39. The molecule has 6 heteroatoms. The van der Waals surface area contributed by atoms with Crippen LogP contribution in [0.2, 0.25) is 0 Å². The number of hydrogen-bond donors (Lipinski definition) is 1. The van der Waals surface area contributed by atoms with Crippen LogP contribution in [0.25, 0.3) is 0 Å². The fourth-order valence-electron chi connectivity index (χ4n) is 2.12. The van der Waals surface area contributed by atoms with Gasteiger partial charge in [0.2, 0.25) is 0 Å². The summed E-state index contributed by atoms with van der Waals surface area (Å²) in [6.07, 6.45) is 0. The first kappa shape index (κ1) is 14.3. The van der Waals surface area contributed by atoms with Crippen LogP contribution < -0.4 is 10.2 Å². The zero-order valence-electron chi connectivity index (χ0n) is 11.2. The predicted octanol–water partition coefficient (Wildman–Crippen LogP) is 3.26. The molecule has 2 aromatic rings. The molecule has 1 aliphatic rings. The number of anilines is 2. The van der Waals surface area contributed by atoms with E-state index in [1.54, 1.807) is 36.4 Å². The van der Waals surface area contributed by atoms with Gasteiger partial charge in [-0.25, -0.2) is 9.29 Å².